The molecule has 0 spiro atoms. The molecule has 1 aliphatic heterocycles. The highest BCUT2D eigenvalue weighted by Gasteiger charge is 2.26. The third kappa shape index (κ3) is 3.78. The highest BCUT2D eigenvalue weighted by molar-refractivity contribution is 5.96. The number of hydrogen-bond acceptors (Lipinski definition) is 8. The van der Waals surface area contributed by atoms with Crippen molar-refractivity contribution in [2.24, 2.45) is 7.05 Å². The molecule has 0 aliphatic carbocycles. The van der Waals surface area contributed by atoms with E-state index in [9.17, 15) is 4.79 Å². The van der Waals surface area contributed by atoms with E-state index in [4.69, 9.17) is 9.26 Å². The minimum atomic E-state index is -0.0678. The molecule has 1 aliphatic rings. The molecule has 0 atom stereocenters. The topological polar surface area (TPSA) is 102 Å². The fourth-order valence-corrected chi connectivity index (χ4v) is 3.30. The predicted octanol–water partition coefficient (Wildman–Crippen LogP) is 1.40. The summed E-state index contributed by atoms with van der Waals surface area (Å²) in [6, 6.07) is 3.88. The van der Waals surface area contributed by atoms with Crippen molar-refractivity contribution in [1.29, 1.82) is 0 Å². The lowest BCUT2D eigenvalue weighted by molar-refractivity contribution is 0.0743. The van der Waals surface area contributed by atoms with Gasteiger partial charge in [0.25, 0.3) is 5.91 Å². The van der Waals surface area contributed by atoms with Crippen LogP contribution in [-0.2, 0) is 13.5 Å². The largest absolute Gasteiger partial charge is 0.479 e. The van der Waals surface area contributed by atoms with Gasteiger partial charge in [0, 0.05) is 57.6 Å². The Kier molecular flexibility index (Phi) is 5.15. The van der Waals surface area contributed by atoms with E-state index < -0.39 is 0 Å². The fourth-order valence-electron chi connectivity index (χ4n) is 3.30. The van der Waals surface area contributed by atoms with Crippen LogP contribution >= 0.6 is 0 Å². The number of methoxy groups -OCH3 is 1. The molecule has 4 rings (SSSR count). The van der Waals surface area contributed by atoms with Crippen molar-refractivity contribution in [3.05, 3.63) is 36.0 Å². The quantitative estimate of drug-likeness (QED) is 0.637. The number of anilines is 1. The smallest absolute Gasteiger partial charge is 0.261 e. The Hall–Kier alpha value is -3.43. The first-order valence-corrected chi connectivity index (χ1v) is 9.50. The molecule has 10 heteroatoms. The summed E-state index contributed by atoms with van der Waals surface area (Å²) in [6.45, 7) is 4.56. The van der Waals surface area contributed by atoms with E-state index in [1.807, 2.05) is 24.0 Å². The highest BCUT2D eigenvalue weighted by Crippen LogP contribution is 2.22. The number of aryl methyl sites for hydroxylation is 2. The van der Waals surface area contributed by atoms with Crippen molar-refractivity contribution in [1.82, 2.24) is 29.8 Å². The first-order valence-electron chi connectivity index (χ1n) is 9.50. The molecule has 0 radical (unpaired) electrons. The van der Waals surface area contributed by atoms with Gasteiger partial charge < -0.3 is 19.1 Å². The number of rotatable bonds is 5. The van der Waals surface area contributed by atoms with Gasteiger partial charge in [0.15, 0.2) is 0 Å². The Morgan fingerprint density at radius 2 is 2.03 bits per heavy atom. The molecule has 3 aromatic rings. The lowest BCUT2D eigenvalue weighted by Gasteiger charge is -2.35. The van der Waals surface area contributed by atoms with Crippen LogP contribution in [0.25, 0.3) is 11.4 Å². The number of nitrogens with zero attached hydrogens (tertiary/aromatic N) is 7. The van der Waals surface area contributed by atoms with E-state index in [0.717, 1.165) is 11.4 Å². The third-order valence-electron chi connectivity index (χ3n) is 4.89. The maximum Gasteiger partial charge on any atom is 0.261 e. The van der Waals surface area contributed by atoms with Gasteiger partial charge in [-0.3, -0.25) is 9.48 Å². The van der Waals surface area contributed by atoms with Crippen LogP contribution in [0, 0.1) is 0 Å². The number of hydrogen-bond donors (Lipinski definition) is 0. The Bertz CT molecular complexity index is 988. The molecular weight excluding hydrogens is 374 g/mol. The van der Waals surface area contributed by atoms with E-state index in [1.54, 1.807) is 24.1 Å². The van der Waals surface area contributed by atoms with E-state index in [2.05, 4.69) is 25.1 Å². The van der Waals surface area contributed by atoms with Crippen molar-refractivity contribution in [3.8, 4) is 17.3 Å². The van der Waals surface area contributed by atoms with Gasteiger partial charge in [0.2, 0.25) is 17.6 Å². The molecule has 152 valence electrons. The first-order chi connectivity index (χ1) is 14.1. The maximum absolute atomic E-state index is 12.8. The van der Waals surface area contributed by atoms with Crippen molar-refractivity contribution in [3.63, 3.8) is 0 Å². The summed E-state index contributed by atoms with van der Waals surface area (Å²) in [5, 5.41) is 8.13. The Labute approximate surface area is 168 Å². The molecule has 1 saturated heterocycles. The molecule has 0 saturated carbocycles. The van der Waals surface area contributed by atoms with Gasteiger partial charge in [-0.2, -0.15) is 4.98 Å². The SMILES string of the molecule is CCc1nc(-c2ccc(N3CCN(C(=O)c4cn(C)nc4OC)CC3)nc2)no1. The Morgan fingerprint density at radius 1 is 1.24 bits per heavy atom. The van der Waals surface area contributed by atoms with Crippen molar-refractivity contribution < 1.29 is 14.1 Å². The molecular formula is C19H23N7O3. The zero-order chi connectivity index (χ0) is 20.4. The van der Waals surface area contributed by atoms with Gasteiger partial charge in [-0.15, -0.1) is 5.10 Å². The van der Waals surface area contributed by atoms with E-state index in [-0.39, 0.29) is 5.91 Å². The molecule has 0 bridgehead atoms. The van der Waals surface area contributed by atoms with E-state index in [1.165, 1.54) is 7.11 Å². The monoisotopic (exact) mass is 397 g/mol. The Balaban J connectivity index is 1.39. The predicted molar refractivity (Wildman–Crippen MR) is 105 cm³/mol. The Morgan fingerprint density at radius 3 is 2.66 bits per heavy atom. The second-order valence-corrected chi connectivity index (χ2v) is 6.78. The molecule has 1 amide bonds. The van der Waals surface area contributed by atoms with Crippen LogP contribution in [0.5, 0.6) is 5.88 Å². The average Bonchev–Trinajstić information content (AvgIpc) is 3.40. The van der Waals surface area contributed by atoms with Gasteiger partial charge in [0.05, 0.1) is 7.11 Å². The third-order valence-corrected chi connectivity index (χ3v) is 4.89. The molecule has 3 aromatic heterocycles. The average molecular weight is 397 g/mol. The van der Waals surface area contributed by atoms with Crippen molar-refractivity contribution in [2.75, 3.05) is 38.2 Å². The van der Waals surface area contributed by atoms with Crippen LogP contribution in [-0.4, -0.2) is 69.0 Å². The summed E-state index contributed by atoms with van der Waals surface area (Å²) in [5.74, 6) is 2.29. The van der Waals surface area contributed by atoms with Gasteiger partial charge >= 0.3 is 0 Å². The molecule has 1 fully saturated rings. The standard InChI is InChI=1S/C19H23N7O3/c1-4-16-21-17(23-29-16)13-5-6-15(20-11-13)25-7-9-26(10-8-25)19(27)14-12-24(2)22-18(14)28-3/h5-6,11-12H,4,7-10H2,1-3H3. The molecule has 4 heterocycles. The number of ether oxygens (including phenoxy) is 1. The summed E-state index contributed by atoms with van der Waals surface area (Å²) >= 11 is 0. The zero-order valence-corrected chi connectivity index (χ0v) is 16.7. The molecule has 10 nitrogen and oxygen atoms in total. The minimum absolute atomic E-state index is 0.0678. The lowest BCUT2D eigenvalue weighted by Crippen LogP contribution is -2.49. The summed E-state index contributed by atoms with van der Waals surface area (Å²) < 4.78 is 11.9. The second-order valence-electron chi connectivity index (χ2n) is 6.78. The van der Waals surface area contributed by atoms with Crippen LogP contribution < -0.4 is 9.64 Å². The number of piperazine rings is 1. The maximum atomic E-state index is 12.8. The van der Waals surface area contributed by atoms with Crippen molar-refractivity contribution >= 4 is 11.7 Å². The van der Waals surface area contributed by atoms with Gasteiger partial charge in [-0.25, -0.2) is 4.98 Å². The number of amides is 1. The van der Waals surface area contributed by atoms with Crippen LogP contribution in [0.2, 0.25) is 0 Å². The number of carbonyl (C=O) groups excluding carboxylic acids is 1. The zero-order valence-electron chi connectivity index (χ0n) is 16.7. The summed E-state index contributed by atoms with van der Waals surface area (Å²) in [7, 11) is 3.29. The molecule has 29 heavy (non-hydrogen) atoms. The lowest BCUT2D eigenvalue weighted by atomic mass is 10.2. The van der Waals surface area contributed by atoms with Gasteiger partial charge in [-0.1, -0.05) is 12.1 Å². The first kappa shape index (κ1) is 18.9. The van der Waals surface area contributed by atoms with Crippen LogP contribution in [0.1, 0.15) is 23.2 Å². The number of aromatic nitrogens is 5. The number of pyridine rings is 1. The van der Waals surface area contributed by atoms with E-state index in [0.29, 0.717) is 55.8 Å². The molecule has 0 aromatic carbocycles. The number of carbonyl (C=O) groups is 1. The minimum Gasteiger partial charge on any atom is -0.479 e. The van der Waals surface area contributed by atoms with Crippen LogP contribution in [0.15, 0.2) is 29.0 Å². The van der Waals surface area contributed by atoms with E-state index >= 15 is 0 Å². The van der Waals surface area contributed by atoms with Crippen LogP contribution in [0.3, 0.4) is 0 Å². The second kappa shape index (κ2) is 7.90. The van der Waals surface area contributed by atoms with Crippen molar-refractivity contribution in [2.45, 2.75) is 13.3 Å². The summed E-state index contributed by atoms with van der Waals surface area (Å²) in [5.41, 5.74) is 1.30. The fraction of sp³-hybridized carbons (Fsp3) is 0.421. The highest BCUT2D eigenvalue weighted by atomic mass is 16.5. The molecule has 0 unspecified atom stereocenters. The van der Waals surface area contributed by atoms with Gasteiger partial charge in [0.1, 0.15) is 11.4 Å². The summed E-state index contributed by atoms with van der Waals surface area (Å²) in [6.07, 6.45) is 4.14. The summed E-state index contributed by atoms with van der Waals surface area (Å²) in [4.78, 5) is 25.6. The normalized spacial score (nSPS) is 14.3. The van der Waals surface area contributed by atoms with Gasteiger partial charge in [-0.05, 0) is 12.1 Å². The molecule has 0 N–H and O–H groups in total. The van der Waals surface area contributed by atoms with Crippen LogP contribution in [0.4, 0.5) is 5.82 Å².